The molecule has 0 aliphatic carbocycles. The summed E-state index contributed by atoms with van der Waals surface area (Å²) in [6, 6.07) is 0. The van der Waals surface area contributed by atoms with Crippen LogP contribution < -0.4 is 11.2 Å². The Morgan fingerprint density at radius 1 is 1.54 bits per heavy atom. The molecule has 0 aromatic carbocycles. The number of rotatable bonds is 4. The van der Waals surface area contributed by atoms with Gasteiger partial charge in [0.1, 0.15) is 17.9 Å². The van der Waals surface area contributed by atoms with Gasteiger partial charge in [0, 0.05) is 27.5 Å². The van der Waals surface area contributed by atoms with Crippen molar-refractivity contribution in [2.45, 2.75) is 46.1 Å². The highest BCUT2D eigenvalue weighted by Crippen LogP contribution is 2.35. The molecule has 1 fully saturated rings. The molecule has 0 spiro atoms. The fraction of sp³-hybridized carbons (Fsp3) is 0.625. The van der Waals surface area contributed by atoms with Crippen molar-refractivity contribution in [3.05, 3.63) is 32.6 Å². The minimum atomic E-state index is -0.905. The lowest BCUT2D eigenvalue weighted by Crippen LogP contribution is -2.37. The molecular formula is C16H24N2O8. The van der Waals surface area contributed by atoms with Crippen LogP contribution in [-0.2, 0) is 19.0 Å². The highest BCUT2D eigenvalue weighted by molar-refractivity contribution is 5.88. The van der Waals surface area contributed by atoms with E-state index in [-0.39, 0.29) is 19.1 Å². The van der Waals surface area contributed by atoms with E-state index in [1.165, 1.54) is 14.0 Å². The molecule has 0 amide bonds. The van der Waals surface area contributed by atoms with Crippen molar-refractivity contribution in [3.8, 4) is 0 Å². The summed E-state index contributed by atoms with van der Waals surface area (Å²) < 4.78 is 29.9. The van der Waals surface area contributed by atoms with E-state index < -0.39 is 47.5 Å². The largest absolute Gasteiger partial charge is 0.462 e. The van der Waals surface area contributed by atoms with Crippen LogP contribution in [0.15, 0.2) is 15.8 Å². The van der Waals surface area contributed by atoms with E-state index in [2.05, 4.69) is 5.11 Å². The average molecular weight is 375 g/mol. The van der Waals surface area contributed by atoms with Crippen molar-refractivity contribution in [1.29, 1.82) is 1.43 Å². The Hall–Kier alpha value is -2.46. The first-order chi connectivity index (χ1) is 13.2. The molecule has 2 rings (SSSR count). The summed E-state index contributed by atoms with van der Waals surface area (Å²) in [5, 5.41) is 3.50. The number of nitrogens with one attached hydrogen (secondary N) is 1. The van der Waals surface area contributed by atoms with E-state index in [4.69, 9.17) is 17.0 Å². The van der Waals surface area contributed by atoms with Gasteiger partial charge in [0.25, 0.3) is 5.56 Å². The van der Waals surface area contributed by atoms with E-state index in [9.17, 15) is 19.2 Å². The van der Waals surface area contributed by atoms with Crippen LogP contribution in [0, 0.1) is 5.92 Å². The number of aromatic nitrogens is 2. The molecule has 1 aliphatic heterocycles. The van der Waals surface area contributed by atoms with Crippen molar-refractivity contribution in [2.75, 3.05) is 13.7 Å². The first kappa shape index (κ1) is 18.3. The van der Waals surface area contributed by atoms with E-state index in [0.29, 0.717) is 0 Å². The van der Waals surface area contributed by atoms with Crippen LogP contribution in [0.4, 0.5) is 0 Å². The van der Waals surface area contributed by atoms with Crippen LogP contribution in [-0.4, -0.2) is 54.0 Å². The third-order valence-corrected chi connectivity index (χ3v) is 3.69. The lowest BCUT2D eigenvalue weighted by atomic mass is 10.0. The number of aliphatic hydroxyl groups is 1. The Kier molecular flexibility index (Phi) is 6.56. The van der Waals surface area contributed by atoms with Crippen LogP contribution in [0.3, 0.4) is 0 Å². The quantitative estimate of drug-likeness (QED) is 0.691. The van der Waals surface area contributed by atoms with Crippen molar-refractivity contribution in [2.24, 2.45) is 5.92 Å². The normalized spacial score (nSPS) is 25.4. The Labute approximate surface area is 152 Å². The first-order valence-corrected chi connectivity index (χ1v) is 7.85. The van der Waals surface area contributed by atoms with Crippen molar-refractivity contribution < 1.29 is 30.3 Å². The Morgan fingerprint density at radius 3 is 2.73 bits per heavy atom. The van der Waals surface area contributed by atoms with Gasteiger partial charge in [-0.25, -0.2) is 9.59 Å². The topological polar surface area (TPSA) is 137 Å². The number of esters is 2. The van der Waals surface area contributed by atoms with Gasteiger partial charge in [0.2, 0.25) is 1.43 Å². The van der Waals surface area contributed by atoms with E-state index in [0.717, 1.165) is 10.8 Å². The number of aromatic amines is 1. The van der Waals surface area contributed by atoms with Crippen LogP contribution in [0.1, 0.15) is 45.6 Å². The fourth-order valence-corrected chi connectivity index (χ4v) is 2.60. The van der Waals surface area contributed by atoms with Crippen molar-refractivity contribution in [3.63, 3.8) is 0 Å². The van der Waals surface area contributed by atoms with Crippen molar-refractivity contribution in [1.82, 2.24) is 9.55 Å². The summed E-state index contributed by atoms with van der Waals surface area (Å²) in [6.45, 7) is 4.42. The molecule has 4 atom stereocenters. The number of nitrogens with zero attached hydrogens (tertiary/aromatic N) is 1. The number of aliphatic hydroxyl groups excluding tert-OH is 1. The van der Waals surface area contributed by atoms with Gasteiger partial charge in [-0.05, 0) is 13.8 Å². The molecule has 2 N–H and O–H groups in total. The van der Waals surface area contributed by atoms with E-state index in [1.54, 1.807) is 13.8 Å². The molecule has 1 aromatic heterocycles. The second-order valence-electron chi connectivity index (χ2n) is 5.43. The van der Waals surface area contributed by atoms with Gasteiger partial charge >= 0.3 is 17.6 Å². The second-order valence-corrected chi connectivity index (χ2v) is 5.43. The maximum absolute atomic E-state index is 12.1. The Balaban J connectivity index is 0.00000122. The molecule has 0 bridgehead atoms. The van der Waals surface area contributed by atoms with Gasteiger partial charge in [-0.3, -0.25) is 19.1 Å². The number of carbonyl (C=O) groups is 2. The molecule has 146 valence electrons. The zero-order valence-corrected chi connectivity index (χ0v) is 15.0. The Morgan fingerprint density at radius 2 is 2.19 bits per heavy atom. The van der Waals surface area contributed by atoms with Gasteiger partial charge in [-0.2, -0.15) is 0 Å². The highest BCUT2D eigenvalue weighted by Gasteiger charge is 2.43. The maximum Gasteiger partial charge on any atom is 0.345 e. The smallest absolute Gasteiger partial charge is 0.345 e. The van der Waals surface area contributed by atoms with E-state index in [1.807, 2.05) is 4.98 Å². The lowest BCUT2D eigenvalue weighted by molar-refractivity contribution is -0.150. The highest BCUT2D eigenvalue weighted by atomic mass is 16.6. The summed E-state index contributed by atoms with van der Waals surface area (Å²) in [5.41, 5.74) is -1.98. The molecule has 0 radical (unpaired) electrons. The number of H-pyrrole nitrogens is 1. The monoisotopic (exact) mass is 375 g/mol. The zero-order chi connectivity index (χ0) is 21.4. The zero-order valence-electron chi connectivity index (χ0n) is 17.0. The maximum atomic E-state index is 12.1. The molecule has 0 saturated carbocycles. The Bertz CT molecular complexity index is 794. The molecule has 1 unspecified atom stereocenters. The second kappa shape index (κ2) is 9.30. The first-order valence-electron chi connectivity index (χ1n) is 8.97. The lowest BCUT2D eigenvalue weighted by Gasteiger charge is -2.20. The van der Waals surface area contributed by atoms with Gasteiger partial charge < -0.3 is 19.3 Å². The summed E-state index contributed by atoms with van der Waals surface area (Å²) in [4.78, 5) is 49.1. The van der Waals surface area contributed by atoms with Gasteiger partial charge in [-0.1, -0.05) is 6.92 Å². The SMILES string of the molecule is [2H]C[C@H]1O[C@@H](n2cc(C(=O)OCC)c(=O)[nH]c2=O)[C@@H](C)C1OC(C)=O.[3H]OC. The third kappa shape index (κ3) is 4.58. The molecular weight excluding hydrogens is 348 g/mol. The van der Waals surface area contributed by atoms with Gasteiger partial charge in [-0.15, -0.1) is 0 Å². The molecule has 26 heavy (non-hydrogen) atoms. The van der Waals surface area contributed by atoms with Gasteiger partial charge in [0.05, 0.1) is 12.7 Å². The average Bonchev–Trinajstić information content (AvgIpc) is 2.91. The predicted octanol–water partition coefficient (Wildman–Crippen LogP) is -0.193. The minimum absolute atomic E-state index is 0.0726. The predicted molar refractivity (Wildman–Crippen MR) is 89.7 cm³/mol. The van der Waals surface area contributed by atoms with Gasteiger partial charge in [0.15, 0.2) is 0 Å². The molecule has 1 saturated heterocycles. The number of hydrogen-bond donors (Lipinski definition) is 2. The summed E-state index contributed by atoms with van der Waals surface area (Å²) in [7, 11) is 1.29. The summed E-state index contributed by atoms with van der Waals surface area (Å²) >= 11 is 0. The summed E-state index contributed by atoms with van der Waals surface area (Å²) in [5.74, 6) is -1.87. The van der Waals surface area contributed by atoms with Crippen molar-refractivity contribution >= 4 is 11.9 Å². The molecule has 1 aromatic rings. The number of carbonyl (C=O) groups excluding carboxylic acids is 2. The molecule has 10 heteroatoms. The van der Waals surface area contributed by atoms with E-state index >= 15 is 0 Å². The molecule has 2 heterocycles. The standard InChI is InChI=1S/C15H20N2O7.CH4O/c1-5-22-14(20)10-6-17(15(21)16-12(10)19)13-7(2)11(8(3)23-13)24-9(4)18;1-2/h6-8,11,13H,5H2,1-4H3,(H,16,19,21);2H,1H3/t7-,8+,11?,13+;/m0./s1/i3D;2T. The minimum Gasteiger partial charge on any atom is -0.462 e. The number of hydrogen-bond acceptors (Lipinski definition) is 8. The summed E-state index contributed by atoms with van der Waals surface area (Å²) in [6.07, 6.45) is -1.28. The number of ether oxygens (including phenoxy) is 3. The molecule has 1 aliphatic rings. The van der Waals surface area contributed by atoms with Crippen LogP contribution in [0.25, 0.3) is 0 Å². The third-order valence-electron chi connectivity index (χ3n) is 3.69. The fourth-order valence-electron chi connectivity index (χ4n) is 2.60. The van der Waals surface area contributed by atoms with Crippen LogP contribution in [0.2, 0.25) is 0 Å². The van der Waals surface area contributed by atoms with Crippen LogP contribution >= 0.6 is 0 Å². The van der Waals surface area contributed by atoms with Crippen LogP contribution in [0.5, 0.6) is 0 Å². The molecule has 10 nitrogen and oxygen atoms in total.